The molecule has 70 valence electrons. The lowest BCUT2D eigenvalue weighted by atomic mass is 10.3. The average molecular weight is 177 g/mol. The van der Waals surface area contributed by atoms with Crippen molar-refractivity contribution in [2.75, 3.05) is 13.6 Å². The summed E-state index contributed by atoms with van der Waals surface area (Å²) in [6.45, 7) is 3.69. The maximum atomic E-state index is 5.44. The van der Waals surface area contributed by atoms with Crippen molar-refractivity contribution < 1.29 is 4.42 Å². The van der Waals surface area contributed by atoms with Crippen molar-refractivity contribution in [1.29, 1.82) is 0 Å². The lowest BCUT2D eigenvalue weighted by Gasteiger charge is -2.12. The lowest BCUT2D eigenvalue weighted by molar-refractivity contribution is 0.298. The third-order valence-corrected chi connectivity index (χ3v) is 1.86. The lowest BCUT2D eigenvalue weighted by Crippen LogP contribution is -2.18. The Hall–Kier alpha value is -1.20. The fraction of sp³-hybridized carbons (Fsp3) is 0.455. The fourth-order valence-electron chi connectivity index (χ4n) is 1.17. The Morgan fingerprint density at radius 2 is 2.31 bits per heavy atom. The molecule has 0 aliphatic heterocycles. The number of nitrogens with zero attached hydrogens (tertiary/aromatic N) is 1. The Labute approximate surface area is 79.5 Å². The van der Waals surface area contributed by atoms with Crippen molar-refractivity contribution in [3.63, 3.8) is 0 Å². The van der Waals surface area contributed by atoms with Gasteiger partial charge >= 0.3 is 0 Å². The topological polar surface area (TPSA) is 16.4 Å². The smallest absolute Gasteiger partial charge is 0.118 e. The van der Waals surface area contributed by atoms with Crippen molar-refractivity contribution >= 4 is 0 Å². The van der Waals surface area contributed by atoms with Gasteiger partial charge in [0.1, 0.15) is 11.5 Å². The average Bonchev–Trinajstić information content (AvgIpc) is 2.48. The molecule has 0 amide bonds. The van der Waals surface area contributed by atoms with E-state index in [1.165, 1.54) is 0 Å². The molecule has 1 aromatic rings. The summed E-state index contributed by atoms with van der Waals surface area (Å²) in [5.41, 5.74) is 0. The summed E-state index contributed by atoms with van der Waals surface area (Å²) in [4.78, 5) is 2.15. The number of rotatable bonds is 4. The first-order chi connectivity index (χ1) is 6.22. The van der Waals surface area contributed by atoms with E-state index < -0.39 is 0 Å². The first-order valence-corrected chi connectivity index (χ1v) is 4.39. The van der Waals surface area contributed by atoms with E-state index in [1.807, 2.05) is 26.1 Å². The zero-order valence-corrected chi connectivity index (χ0v) is 8.21. The van der Waals surface area contributed by atoms with Crippen LogP contribution in [-0.2, 0) is 6.54 Å². The molecular weight excluding hydrogens is 162 g/mol. The van der Waals surface area contributed by atoms with Gasteiger partial charge in [0.2, 0.25) is 0 Å². The highest BCUT2D eigenvalue weighted by Crippen LogP contribution is 2.08. The molecule has 1 heterocycles. The third-order valence-electron chi connectivity index (χ3n) is 1.86. The molecule has 0 atom stereocenters. The first kappa shape index (κ1) is 9.88. The van der Waals surface area contributed by atoms with E-state index in [9.17, 15) is 0 Å². The van der Waals surface area contributed by atoms with Crippen molar-refractivity contribution in [1.82, 2.24) is 4.90 Å². The van der Waals surface area contributed by atoms with Gasteiger partial charge in [0, 0.05) is 13.0 Å². The molecule has 0 N–H and O–H groups in total. The monoisotopic (exact) mass is 177 g/mol. The van der Waals surface area contributed by atoms with Crippen LogP contribution in [0.3, 0.4) is 0 Å². The van der Waals surface area contributed by atoms with Gasteiger partial charge in [-0.15, -0.1) is 12.3 Å². The van der Waals surface area contributed by atoms with E-state index in [-0.39, 0.29) is 0 Å². The van der Waals surface area contributed by atoms with Crippen LogP contribution < -0.4 is 0 Å². The highest BCUT2D eigenvalue weighted by molar-refractivity contribution is 5.05. The van der Waals surface area contributed by atoms with Gasteiger partial charge in [-0.25, -0.2) is 0 Å². The fourth-order valence-corrected chi connectivity index (χ4v) is 1.17. The molecular formula is C11H15NO. The van der Waals surface area contributed by atoms with E-state index >= 15 is 0 Å². The van der Waals surface area contributed by atoms with Crippen LogP contribution in [0.2, 0.25) is 0 Å². The van der Waals surface area contributed by atoms with E-state index in [1.54, 1.807) is 0 Å². The van der Waals surface area contributed by atoms with Gasteiger partial charge in [0.05, 0.1) is 6.54 Å². The Balaban J connectivity index is 2.37. The summed E-state index contributed by atoms with van der Waals surface area (Å²) in [7, 11) is 2.04. The van der Waals surface area contributed by atoms with Crippen LogP contribution in [-0.4, -0.2) is 18.5 Å². The molecule has 0 spiro atoms. The van der Waals surface area contributed by atoms with Crippen LogP contribution in [0.4, 0.5) is 0 Å². The summed E-state index contributed by atoms with van der Waals surface area (Å²) in [5, 5.41) is 0. The molecule has 0 aliphatic rings. The highest BCUT2D eigenvalue weighted by Gasteiger charge is 2.02. The first-order valence-electron chi connectivity index (χ1n) is 4.39. The molecule has 1 aromatic heterocycles. The standard InChI is InChI=1S/C11H15NO/c1-4-5-8-12(3)9-11-7-6-10(2)13-11/h1,6-7H,5,8-9H2,2-3H3. The van der Waals surface area contributed by atoms with Crippen molar-refractivity contribution in [3.8, 4) is 12.3 Å². The van der Waals surface area contributed by atoms with E-state index in [0.29, 0.717) is 0 Å². The molecule has 0 unspecified atom stereocenters. The molecule has 0 saturated carbocycles. The summed E-state index contributed by atoms with van der Waals surface area (Å²) in [6.07, 6.45) is 5.96. The zero-order valence-electron chi connectivity index (χ0n) is 8.21. The van der Waals surface area contributed by atoms with Gasteiger partial charge in [-0.2, -0.15) is 0 Å². The second-order valence-electron chi connectivity index (χ2n) is 3.20. The summed E-state index contributed by atoms with van der Waals surface area (Å²) >= 11 is 0. The second-order valence-corrected chi connectivity index (χ2v) is 3.20. The summed E-state index contributed by atoms with van der Waals surface area (Å²) in [6, 6.07) is 3.98. The van der Waals surface area contributed by atoms with E-state index in [0.717, 1.165) is 31.0 Å². The third kappa shape index (κ3) is 3.35. The van der Waals surface area contributed by atoms with Crippen LogP contribution in [0.15, 0.2) is 16.5 Å². The van der Waals surface area contributed by atoms with Gasteiger partial charge in [-0.1, -0.05) is 0 Å². The molecule has 0 aliphatic carbocycles. The van der Waals surface area contributed by atoms with Crippen LogP contribution in [0.1, 0.15) is 17.9 Å². The molecule has 0 fully saturated rings. The molecule has 13 heavy (non-hydrogen) atoms. The van der Waals surface area contributed by atoms with Gasteiger partial charge in [0.25, 0.3) is 0 Å². The predicted molar refractivity (Wildman–Crippen MR) is 53.2 cm³/mol. The minimum atomic E-state index is 0.788. The maximum Gasteiger partial charge on any atom is 0.118 e. The zero-order chi connectivity index (χ0) is 9.68. The maximum absolute atomic E-state index is 5.44. The van der Waals surface area contributed by atoms with E-state index in [2.05, 4.69) is 10.8 Å². The highest BCUT2D eigenvalue weighted by atomic mass is 16.3. The Bertz CT molecular complexity index is 295. The van der Waals surface area contributed by atoms with Crippen LogP contribution in [0, 0.1) is 19.3 Å². The van der Waals surface area contributed by atoms with Crippen molar-refractivity contribution in [2.45, 2.75) is 19.9 Å². The molecule has 2 heteroatoms. The molecule has 0 saturated heterocycles. The number of hydrogen-bond donors (Lipinski definition) is 0. The molecule has 0 radical (unpaired) electrons. The van der Waals surface area contributed by atoms with Crippen LogP contribution >= 0.6 is 0 Å². The Kier molecular flexibility index (Phi) is 3.60. The number of furan rings is 1. The second kappa shape index (κ2) is 4.74. The van der Waals surface area contributed by atoms with Gasteiger partial charge in [-0.3, -0.25) is 4.90 Å². The SMILES string of the molecule is C#CCCN(C)Cc1ccc(C)o1. The molecule has 1 rings (SSSR count). The minimum Gasteiger partial charge on any atom is -0.465 e. The van der Waals surface area contributed by atoms with Crippen LogP contribution in [0.25, 0.3) is 0 Å². The molecule has 0 aromatic carbocycles. The summed E-state index contributed by atoms with van der Waals surface area (Å²) < 4.78 is 5.44. The van der Waals surface area contributed by atoms with Crippen molar-refractivity contribution in [3.05, 3.63) is 23.7 Å². The Morgan fingerprint density at radius 3 is 2.85 bits per heavy atom. The van der Waals surface area contributed by atoms with Gasteiger partial charge in [-0.05, 0) is 26.1 Å². The quantitative estimate of drug-likeness (QED) is 0.654. The number of hydrogen-bond acceptors (Lipinski definition) is 2. The van der Waals surface area contributed by atoms with Gasteiger partial charge in [0.15, 0.2) is 0 Å². The molecule has 0 bridgehead atoms. The number of terminal acetylenes is 1. The van der Waals surface area contributed by atoms with Crippen molar-refractivity contribution in [2.24, 2.45) is 0 Å². The normalized spacial score (nSPS) is 10.3. The summed E-state index contributed by atoms with van der Waals surface area (Å²) in [5.74, 6) is 4.57. The van der Waals surface area contributed by atoms with Gasteiger partial charge < -0.3 is 4.42 Å². The Morgan fingerprint density at radius 1 is 1.54 bits per heavy atom. The predicted octanol–water partition coefficient (Wildman–Crippen LogP) is 2.04. The van der Waals surface area contributed by atoms with Crippen LogP contribution in [0.5, 0.6) is 0 Å². The number of aryl methyl sites for hydroxylation is 1. The molecule has 2 nitrogen and oxygen atoms in total. The largest absolute Gasteiger partial charge is 0.465 e. The minimum absolute atomic E-state index is 0.788. The van der Waals surface area contributed by atoms with E-state index in [4.69, 9.17) is 10.8 Å².